The number of aryl methyl sites for hydroxylation is 2. The molecule has 2 heterocycles. The van der Waals surface area contributed by atoms with Crippen LogP contribution < -0.4 is 10.6 Å². The van der Waals surface area contributed by atoms with E-state index in [1.54, 1.807) is 13.0 Å². The van der Waals surface area contributed by atoms with Crippen LogP contribution in [-0.4, -0.2) is 32.9 Å². The van der Waals surface area contributed by atoms with Crippen molar-refractivity contribution in [1.82, 2.24) is 20.3 Å². The molecule has 2 unspecified atom stereocenters. The maximum Gasteiger partial charge on any atom is 0.242 e. The maximum absolute atomic E-state index is 12.0. The number of amides is 1. The SMILES string of the molecule is Cc1cnn(CC(C)NC(C)C(=O)Nc2cc(C)on2)c1. The number of nitrogens with one attached hydrogen (secondary N) is 2. The normalized spacial score (nSPS) is 13.9. The lowest BCUT2D eigenvalue weighted by molar-refractivity contribution is -0.118. The van der Waals surface area contributed by atoms with Gasteiger partial charge in [0, 0.05) is 18.3 Å². The molecule has 7 nitrogen and oxygen atoms in total. The molecule has 2 atom stereocenters. The molecule has 0 saturated heterocycles. The van der Waals surface area contributed by atoms with Crippen LogP contribution in [-0.2, 0) is 11.3 Å². The number of anilines is 1. The topological polar surface area (TPSA) is 85.0 Å². The van der Waals surface area contributed by atoms with Gasteiger partial charge in [0.05, 0.1) is 18.8 Å². The van der Waals surface area contributed by atoms with Crippen molar-refractivity contribution in [3.05, 3.63) is 29.8 Å². The van der Waals surface area contributed by atoms with Gasteiger partial charge in [0.25, 0.3) is 0 Å². The van der Waals surface area contributed by atoms with Crippen molar-refractivity contribution in [3.8, 4) is 0 Å². The number of aromatic nitrogens is 3. The summed E-state index contributed by atoms with van der Waals surface area (Å²) in [4.78, 5) is 12.0. The van der Waals surface area contributed by atoms with E-state index in [2.05, 4.69) is 20.9 Å². The van der Waals surface area contributed by atoms with Crippen LogP contribution >= 0.6 is 0 Å². The second-order valence-corrected chi connectivity index (χ2v) is 5.34. The Bertz CT molecular complexity index is 604. The highest BCUT2D eigenvalue weighted by atomic mass is 16.5. The summed E-state index contributed by atoms with van der Waals surface area (Å²) in [6.45, 7) is 8.30. The third-order valence-electron chi connectivity index (χ3n) is 3.03. The molecule has 114 valence electrons. The van der Waals surface area contributed by atoms with E-state index in [1.807, 2.05) is 37.8 Å². The number of carbonyl (C=O) groups is 1. The zero-order valence-corrected chi connectivity index (χ0v) is 12.8. The third kappa shape index (κ3) is 4.42. The van der Waals surface area contributed by atoms with Crippen molar-refractivity contribution in [1.29, 1.82) is 0 Å². The summed E-state index contributed by atoms with van der Waals surface area (Å²) in [7, 11) is 0. The summed E-state index contributed by atoms with van der Waals surface area (Å²) in [6, 6.07) is 1.46. The van der Waals surface area contributed by atoms with Crippen LogP contribution in [0.25, 0.3) is 0 Å². The Morgan fingerprint density at radius 1 is 1.43 bits per heavy atom. The van der Waals surface area contributed by atoms with Crippen LogP contribution in [0.15, 0.2) is 23.0 Å². The van der Waals surface area contributed by atoms with E-state index in [0.29, 0.717) is 18.1 Å². The molecular formula is C14H21N5O2. The van der Waals surface area contributed by atoms with Gasteiger partial charge < -0.3 is 15.2 Å². The lowest BCUT2D eigenvalue weighted by atomic mass is 10.2. The second kappa shape index (κ2) is 6.53. The zero-order valence-electron chi connectivity index (χ0n) is 12.8. The van der Waals surface area contributed by atoms with Crippen LogP contribution in [0.1, 0.15) is 25.2 Å². The molecule has 1 amide bonds. The molecule has 2 N–H and O–H groups in total. The molecule has 0 aliphatic rings. The van der Waals surface area contributed by atoms with Gasteiger partial charge in [-0.25, -0.2) is 0 Å². The second-order valence-electron chi connectivity index (χ2n) is 5.34. The van der Waals surface area contributed by atoms with Crippen molar-refractivity contribution in [2.75, 3.05) is 5.32 Å². The van der Waals surface area contributed by atoms with Gasteiger partial charge in [0.2, 0.25) is 5.91 Å². The van der Waals surface area contributed by atoms with Gasteiger partial charge in [-0.05, 0) is 33.3 Å². The number of carbonyl (C=O) groups excluding carboxylic acids is 1. The van der Waals surface area contributed by atoms with Crippen LogP contribution in [0.3, 0.4) is 0 Å². The Balaban J connectivity index is 1.82. The Morgan fingerprint density at radius 2 is 2.19 bits per heavy atom. The first-order valence-electron chi connectivity index (χ1n) is 6.93. The summed E-state index contributed by atoms with van der Waals surface area (Å²) < 4.78 is 6.77. The van der Waals surface area contributed by atoms with Crippen LogP contribution in [0.2, 0.25) is 0 Å². The summed E-state index contributed by atoms with van der Waals surface area (Å²) in [6.07, 6.45) is 3.79. The van der Waals surface area contributed by atoms with Crippen molar-refractivity contribution in [2.45, 2.75) is 46.3 Å². The van der Waals surface area contributed by atoms with Gasteiger partial charge in [-0.3, -0.25) is 9.48 Å². The summed E-state index contributed by atoms with van der Waals surface area (Å²) in [5.74, 6) is 0.946. The fraction of sp³-hybridized carbons (Fsp3) is 0.500. The largest absolute Gasteiger partial charge is 0.360 e. The number of rotatable bonds is 6. The molecule has 0 aliphatic heterocycles. The molecule has 0 spiro atoms. The first-order chi connectivity index (χ1) is 9.94. The van der Waals surface area contributed by atoms with Crippen molar-refractivity contribution < 1.29 is 9.32 Å². The monoisotopic (exact) mass is 291 g/mol. The molecular weight excluding hydrogens is 270 g/mol. The van der Waals surface area contributed by atoms with E-state index >= 15 is 0 Å². The molecule has 0 radical (unpaired) electrons. The minimum Gasteiger partial charge on any atom is -0.360 e. The molecule has 0 fully saturated rings. The first-order valence-corrected chi connectivity index (χ1v) is 6.93. The van der Waals surface area contributed by atoms with Crippen LogP contribution in [0, 0.1) is 13.8 Å². The van der Waals surface area contributed by atoms with Gasteiger partial charge in [-0.2, -0.15) is 5.10 Å². The molecule has 2 rings (SSSR count). The van der Waals surface area contributed by atoms with Crippen molar-refractivity contribution in [3.63, 3.8) is 0 Å². The first kappa shape index (κ1) is 15.2. The molecule has 0 aliphatic carbocycles. The van der Waals surface area contributed by atoms with E-state index < -0.39 is 0 Å². The number of nitrogens with zero attached hydrogens (tertiary/aromatic N) is 3. The summed E-state index contributed by atoms with van der Waals surface area (Å²) in [5, 5.41) is 13.9. The van der Waals surface area contributed by atoms with Gasteiger partial charge in [-0.15, -0.1) is 0 Å². The lowest BCUT2D eigenvalue weighted by Crippen LogP contribution is -2.44. The minimum absolute atomic E-state index is 0.115. The van der Waals surface area contributed by atoms with Crippen LogP contribution in [0.5, 0.6) is 0 Å². The molecule has 0 aromatic carbocycles. The highest BCUT2D eigenvalue weighted by molar-refractivity contribution is 5.93. The lowest BCUT2D eigenvalue weighted by Gasteiger charge is -2.19. The highest BCUT2D eigenvalue weighted by Gasteiger charge is 2.17. The molecule has 7 heteroatoms. The van der Waals surface area contributed by atoms with Gasteiger partial charge >= 0.3 is 0 Å². The molecule has 2 aromatic rings. The van der Waals surface area contributed by atoms with Crippen molar-refractivity contribution >= 4 is 11.7 Å². The van der Waals surface area contributed by atoms with Crippen molar-refractivity contribution in [2.24, 2.45) is 0 Å². The predicted molar refractivity (Wildman–Crippen MR) is 78.9 cm³/mol. The fourth-order valence-electron chi connectivity index (χ4n) is 2.06. The average molecular weight is 291 g/mol. The Kier molecular flexibility index (Phi) is 4.74. The molecule has 0 saturated carbocycles. The molecule has 2 aromatic heterocycles. The van der Waals surface area contributed by atoms with Gasteiger partial charge in [0.1, 0.15) is 5.76 Å². The zero-order chi connectivity index (χ0) is 15.4. The summed E-state index contributed by atoms with van der Waals surface area (Å²) >= 11 is 0. The molecule has 21 heavy (non-hydrogen) atoms. The maximum atomic E-state index is 12.0. The Morgan fingerprint density at radius 3 is 2.76 bits per heavy atom. The number of hydrogen-bond donors (Lipinski definition) is 2. The highest BCUT2D eigenvalue weighted by Crippen LogP contribution is 2.07. The smallest absolute Gasteiger partial charge is 0.242 e. The van der Waals surface area contributed by atoms with E-state index in [-0.39, 0.29) is 18.0 Å². The minimum atomic E-state index is -0.339. The Hall–Kier alpha value is -2.15. The fourth-order valence-corrected chi connectivity index (χ4v) is 2.06. The quantitative estimate of drug-likeness (QED) is 0.842. The van der Waals surface area contributed by atoms with E-state index in [1.165, 1.54) is 0 Å². The van der Waals surface area contributed by atoms with Crippen LogP contribution in [0.4, 0.5) is 5.82 Å². The van der Waals surface area contributed by atoms with E-state index in [0.717, 1.165) is 5.56 Å². The average Bonchev–Trinajstić information content (AvgIpc) is 2.98. The number of hydrogen-bond acceptors (Lipinski definition) is 5. The van der Waals surface area contributed by atoms with Gasteiger partial charge in [-0.1, -0.05) is 5.16 Å². The summed E-state index contributed by atoms with van der Waals surface area (Å²) in [5.41, 5.74) is 1.12. The third-order valence-corrected chi connectivity index (χ3v) is 3.03. The predicted octanol–water partition coefficient (Wildman–Crippen LogP) is 1.49. The Labute approximate surface area is 123 Å². The van der Waals surface area contributed by atoms with E-state index in [4.69, 9.17) is 4.52 Å². The standard InChI is InChI=1S/C14H21N5O2/c1-9-6-15-19(7-9)8-10(2)16-12(4)14(20)17-13-5-11(3)21-18-13/h5-7,10,12,16H,8H2,1-4H3,(H,17,18,20). The molecule has 0 bridgehead atoms. The van der Waals surface area contributed by atoms with Gasteiger partial charge in [0.15, 0.2) is 5.82 Å². The van der Waals surface area contributed by atoms with E-state index in [9.17, 15) is 4.79 Å².